The van der Waals surface area contributed by atoms with Crippen LogP contribution in [0.15, 0.2) is 179 Å². The molecule has 8 aromatic carbocycles. The molecule has 1 atom stereocenters. The Bertz CT molecular complexity index is 3310. The Morgan fingerprint density at radius 3 is 2.06 bits per heavy atom. The van der Waals surface area contributed by atoms with Gasteiger partial charge in [-0.2, -0.15) is 0 Å². The smallest absolute Gasteiger partial charge is 0.209 e. The van der Waals surface area contributed by atoms with Crippen LogP contribution in [0.4, 0.5) is 5.69 Å². The summed E-state index contributed by atoms with van der Waals surface area (Å²) in [5, 5.41) is 13.2. The largest absolute Gasteiger partial charge is 0.455 e. The average Bonchev–Trinajstić information content (AvgIpc) is 3.87. The number of benzene rings is 8. The molecule has 0 bridgehead atoms. The number of furan rings is 1. The minimum absolute atomic E-state index is 0.0757. The van der Waals surface area contributed by atoms with E-state index in [0.29, 0.717) is 0 Å². The zero-order chi connectivity index (χ0) is 34.6. The van der Waals surface area contributed by atoms with Crippen LogP contribution in [0.2, 0.25) is 0 Å². The summed E-state index contributed by atoms with van der Waals surface area (Å²) in [7, 11) is 0. The highest BCUT2D eigenvalue weighted by Gasteiger charge is 2.28. The van der Waals surface area contributed by atoms with Crippen LogP contribution in [0.25, 0.3) is 82.0 Å². The predicted octanol–water partition coefficient (Wildman–Crippen LogP) is 12.2. The molecule has 11 aromatic rings. The van der Waals surface area contributed by atoms with E-state index in [4.69, 9.17) is 9.41 Å². The third-order valence-corrected chi connectivity index (χ3v) is 11.2. The molecular formula is C48H30N4O. The summed E-state index contributed by atoms with van der Waals surface area (Å²) in [6.07, 6.45) is 0. The minimum atomic E-state index is -0.0757. The molecular weight excluding hydrogens is 649 g/mol. The summed E-state index contributed by atoms with van der Waals surface area (Å²) in [6, 6.07) is 60.5. The molecule has 5 heteroatoms. The van der Waals surface area contributed by atoms with Crippen molar-refractivity contribution in [2.75, 3.05) is 0 Å². The van der Waals surface area contributed by atoms with Gasteiger partial charge in [0.1, 0.15) is 11.2 Å². The maximum atomic E-state index is 6.79. The van der Waals surface area contributed by atoms with Gasteiger partial charge in [-0.1, -0.05) is 115 Å². The van der Waals surface area contributed by atoms with Crippen molar-refractivity contribution in [1.82, 2.24) is 14.5 Å². The lowest BCUT2D eigenvalue weighted by Gasteiger charge is -2.28. The van der Waals surface area contributed by atoms with Gasteiger partial charge in [0, 0.05) is 38.2 Å². The fourth-order valence-corrected chi connectivity index (χ4v) is 8.85. The molecule has 12 rings (SSSR count). The van der Waals surface area contributed by atoms with Crippen LogP contribution in [0.5, 0.6) is 0 Å². The highest BCUT2D eigenvalue weighted by Crippen LogP contribution is 2.45. The third-order valence-electron chi connectivity index (χ3n) is 11.2. The van der Waals surface area contributed by atoms with E-state index in [9.17, 15) is 0 Å². The first-order valence-electron chi connectivity index (χ1n) is 18.1. The van der Waals surface area contributed by atoms with E-state index in [2.05, 4.69) is 178 Å². The summed E-state index contributed by atoms with van der Waals surface area (Å²) in [6.45, 7) is 0. The number of hydrogen-bond donors (Lipinski definition) is 1. The zero-order valence-electron chi connectivity index (χ0n) is 28.5. The molecule has 0 aliphatic carbocycles. The Kier molecular flexibility index (Phi) is 5.77. The summed E-state index contributed by atoms with van der Waals surface area (Å²) >= 11 is 0. The molecule has 53 heavy (non-hydrogen) atoms. The quantitative estimate of drug-likeness (QED) is 0.198. The Hall–Kier alpha value is -7.11. The Morgan fingerprint density at radius 2 is 1.17 bits per heavy atom. The number of para-hydroxylation sites is 3. The van der Waals surface area contributed by atoms with Crippen LogP contribution in [-0.4, -0.2) is 15.1 Å². The van der Waals surface area contributed by atoms with Crippen molar-refractivity contribution in [3.05, 3.63) is 181 Å². The lowest BCUT2D eigenvalue weighted by Crippen LogP contribution is -2.36. The molecule has 5 nitrogen and oxygen atoms in total. The Balaban J connectivity index is 1.26. The van der Waals surface area contributed by atoms with Gasteiger partial charge in [-0.3, -0.25) is 4.57 Å². The monoisotopic (exact) mass is 678 g/mol. The van der Waals surface area contributed by atoms with Crippen molar-refractivity contribution in [2.45, 2.75) is 6.04 Å². The first-order valence-corrected chi connectivity index (χ1v) is 18.1. The minimum Gasteiger partial charge on any atom is -0.455 e. The SMILES string of the molecule is c1ccc(C2NC(n3c4cc5c(cc4c4c6oc7ccccc7c6ccc43)c3c4ccccc4ccc3n5-c3ccccc3)=Nc3ccccc32)cc1. The number of nitrogens with zero attached hydrogens (tertiary/aromatic N) is 3. The molecule has 0 radical (unpaired) electrons. The zero-order valence-corrected chi connectivity index (χ0v) is 28.5. The van der Waals surface area contributed by atoms with Crippen molar-refractivity contribution in [3.63, 3.8) is 0 Å². The molecule has 248 valence electrons. The lowest BCUT2D eigenvalue weighted by molar-refractivity contribution is 0.673. The number of nitrogens with one attached hydrogen (secondary N) is 1. The molecule has 0 saturated carbocycles. The van der Waals surface area contributed by atoms with Crippen LogP contribution in [0, 0.1) is 0 Å². The van der Waals surface area contributed by atoms with Crippen LogP contribution < -0.4 is 5.32 Å². The van der Waals surface area contributed by atoms with Gasteiger partial charge in [0.25, 0.3) is 0 Å². The van der Waals surface area contributed by atoms with E-state index in [0.717, 1.165) is 72.2 Å². The molecule has 0 saturated heterocycles. The van der Waals surface area contributed by atoms with Gasteiger partial charge < -0.3 is 14.3 Å². The fraction of sp³-hybridized carbons (Fsp3) is 0.0208. The van der Waals surface area contributed by atoms with Crippen molar-refractivity contribution in [1.29, 1.82) is 0 Å². The molecule has 1 aliphatic rings. The highest BCUT2D eigenvalue weighted by molar-refractivity contribution is 6.30. The molecule has 1 aliphatic heterocycles. The number of aliphatic imine (C=N–C) groups is 1. The van der Waals surface area contributed by atoms with Gasteiger partial charge in [0.05, 0.1) is 39.2 Å². The Labute approximate surface area is 303 Å². The third kappa shape index (κ3) is 3.99. The van der Waals surface area contributed by atoms with Gasteiger partial charge in [0.15, 0.2) is 0 Å². The number of fused-ring (bicyclic) bond motifs is 13. The number of hydrogen-bond acceptors (Lipinski definition) is 3. The second-order valence-corrected chi connectivity index (χ2v) is 14.0. The standard InChI is InChI=1S/C48H30N4O/c1-3-14-30(15-4-1)46-35-20-9-11-21-38(35)49-48(50-46)52-40-26-24-34-33-19-10-12-22-43(33)53-47(34)45(40)37-27-36-41(28-42(37)52)51(31-16-5-2-6-17-31)39-25-23-29-13-7-8-18-32(29)44(36)39/h1-28,46H,(H,49,50). The molecule has 0 spiro atoms. The van der Waals surface area contributed by atoms with Gasteiger partial charge in [-0.15, -0.1) is 0 Å². The molecule has 3 aromatic heterocycles. The summed E-state index contributed by atoms with van der Waals surface area (Å²) in [5.41, 5.74) is 10.6. The van der Waals surface area contributed by atoms with Crippen molar-refractivity contribution in [2.24, 2.45) is 4.99 Å². The molecule has 4 heterocycles. The van der Waals surface area contributed by atoms with E-state index in [1.807, 2.05) is 6.07 Å². The Morgan fingerprint density at radius 1 is 0.491 bits per heavy atom. The molecule has 0 amide bonds. The first kappa shape index (κ1) is 28.6. The molecule has 0 fully saturated rings. The summed E-state index contributed by atoms with van der Waals surface area (Å²) < 4.78 is 11.5. The predicted molar refractivity (Wildman–Crippen MR) is 219 cm³/mol. The van der Waals surface area contributed by atoms with Gasteiger partial charge in [0.2, 0.25) is 5.96 Å². The van der Waals surface area contributed by atoms with E-state index < -0.39 is 0 Å². The van der Waals surface area contributed by atoms with E-state index in [1.54, 1.807) is 0 Å². The first-order chi connectivity index (χ1) is 26.3. The highest BCUT2D eigenvalue weighted by atomic mass is 16.3. The number of rotatable bonds is 2. The van der Waals surface area contributed by atoms with Gasteiger partial charge >= 0.3 is 0 Å². The summed E-state index contributed by atoms with van der Waals surface area (Å²) in [4.78, 5) is 5.36. The second kappa shape index (κ2) is 10.7. The average molecular weight is 679 g/mol. The van der Waals surface area contributed by atoms with E-state index in [-0.39, 0.29) is 6.04 Å². The van der Waals surface area contributed by atoms with Crippen molar-refractivity contribution >= 4 is 88.0 Å². The topological polar surface area (TPSA) is 47.4 Å². The number of aromatic nitrogens is 2. The fourth-order valence-electron chi connectivity index (χ4n) is 8.85. The van der Waals surface area contributed by atoms with Crippen LogP contribution in [-0.2, 0) is 0 Å². The van der Waals surface area contributed by atoms with E-state index >= 15 is 0 Å². The van der Waals surface area contributed by atoms with Gasteiger partial charge in [-0.25, -0.2) is 4.99 Å². The second-order valence-electron chi connectivity index (χ2n) is 14.0. The summed E-state index contributed by atoms with van der Waals surface area (Å²) in [5.74, 6) is 0.778. The lowest BCUT2D eigenvalue weighted by atomic mass is 9.96. The van der Waals surface area contributed by atoms with Crippen molar-refractivity contribution < 1.29 is 4.42 Å². The van der Waals surface area contributed by atoms with Gasteiger partial charge in [-0.05, 0) is 70.9 Å². The van der Waals surface area contributed by atoms with Crippen LogP contribution >= 0.6 is 0 Å². The normalized spacial score (nSPS) is 14.5. The van der Waals surface area contributed by atoms with Crippen LogP contribution in [0.3, 0.4) is 0 Å². The molecule has 1 unspecified atom stereocenters. The van der Waals surface area contributed by atoms with E-state index in [1.165, 1.54) is 32.6 Å². The molecule has 1 N–H and O–H groups in total. The van der Waals surface area contributed by atoms with Crippen molar-refractivity contribution in [3.8, 4) is 5.69 Å². The maximum Gasteiger partial charge on any atom is 0.209 e. The van der Waals surface area contributed by atoms with Crippen LogP contribution in [0.1, 0.15) is 17.2 Å². The maximum absolute atomic E-state index is 6.79.